The minimum Gasteiger partial charge on any atom is -0.260 e. The van der Waals surface area contributed by atoms with Gasteiger partial charge in [-0.25, -0.2) is 14.3 Å². The van der Waals surface area contributed by atoms with Crippen molar-refractivity contribution in [1.29, 1.82) is 0 Å². The van der Waals surface area contributed by atoms with Gasteiger partial charge in [0.2, 0.25) is 11.1 Å². The molecule has 5 nitrogen and oxygen atoms in total. The van der Waals surface area contributed by atoms with Crippen molar-refractivity contribution in [3.8, 4) is 0 Å². The van der Waals surface area contributed by atoms with Crippen molar-refractivity contribution in [2.24, 2.45) is 15.0 Å². The zero-order chi connectivity index (χ0) is 13.1. The maximum atomic E-state index is 6.08. The van der Waals surface area contributed by atoms with Crippen molar-refractivity contribution < 1.29 is 0 Å². The van der Waals surface area contributed by atoms with Crippen LogP contribution in [0.2, 0.25) is 0 Å². The van der Waals surface area contributed by atoms with Gasteiger partial charge in [0, 0.05) is 17.6 Å². The van der Waals surface area contributed by atoms with Crippen molar-refractivity contribution in [3.05, 3.63) is 35.2 Å². The number of allylic oxidation sites excluding steroid dienone is 4. The maximum Gasteiger partial charge on any atom is 0.243 e. The van der Waals surface area contributed by atoms with Crippen LogP contribution >= 0.6 is 22.5 Å². The fourth-order valence-corrected chi connectivity index (χ4v) is 4.39. The van der Waals surface area contributed by atoms with Crippen LogP contribution in [0.3, 0.4) is 0 Å². The van der Waals surface area contributed by atoms with E-state index in [1.807, 2.05) is 25.3 Å². The van der Waals surface area contributed by atoms with Gasteiger partial charge in [-0.2, -0.15) is 4.99 Å². The van der Waals surface area contributed by atoms with Crippen LogP contribution in [0.15, 0.2) is 50.1 Å². The van der Waals surface area contributed by atoms with Gasteiger partial charge in [0.25, 0.3) is 0 Å². The number of hydrogen-bond donors (Lipinski definition) is 0. The number of guanidine groups is 1. The molecule has 0 radical (unpaired) electrons. The highest BCUT2D eigenvalue weighted by Crippen LogP contribution is 2.43. The molecule has 1 atom stereocenters. The summed E-state index contributed by atoms with van der Waals surface area (Å²) in [6.07, 6.45) is 7.70. The number of halogens is 1. The number of nitrogens with zero attached hydrogens (tertiary/aromatic N) is 5. The minimum absolute atomic E-state index is 0.378. The van der Waals surface area contributed by atoms with Gasteiger partial charge in [0.15, 0.2) is 0 Å². The summed E-state index contributed by atoms with van der Waals surface area (Å²) in [7, 11) is -0.378. The minimum atomic E-state index is -0.378. The summed E-state index contributed by atoms with van der Waals surface area (Å²) in [6.45, 7) is 4.03. The molecule has 0 bridgehead atoms. The van der Waals surface area contributed by atoms with Crippen LogP contribution < -0.4 is 0 Å². The molecule has 7 heteroatoms. The summed E-state index contributed by atoms with van der Waals surface area (Å²) in [5, 5.41) is 1.49. The predicted octanol–water partition coefficient (Wildman–Crippen LogP) is 2.59. The molecule has 0 aromatic heterocycles. The lowest BCUT2D eigenvalue weighted by Crippen LogP contribution is -2.31. The van der Waals surface area contributed by atoms with Crippen LogP contribution in [-0.4, -0.2) is 31.2 Å². The lowest BCUT2D eigenvalue weighted by molar-refractivity contribution is 0.773. The van der Waals surface area contributed by atoms with E-state index >= 15 is 0 Å². The Bertz CT molecular complexity index is 722. The maximum absolute atomic E-state index is 6.08. The third kappa shape index (κ3) is 1.50. The first-order valence-electron chi connectivity index (χ1n) is 5.81. The monoisotopic (exact) mass is 291 g/mol. The quantitative estimate of drug-likeness (QED) is 0.644. The third-order valence-electron chi connectivity index (χ3n) is 2.98. The smallest absolute Gasteiger partial charge is 0.243 e. The molecule has 19 heavy (non-hydrogen) atoms. The second-order valence-electron chi connectivity index (χ2n) is 4.43. The van der Waals surface area contributed by atoms with Crippen LogP contribution in [0.5, 0.6) is 0 Å². The highest BCUT2D eigenvalue weighted by molar-refractivity contribution is 8.13. The van der Waals surface area contributed by atoms with E-state index in [-0.39, 0.29) is 10.9 Å². The molecule has 1 unspecified atom stereocenters. The summed E-state index contributed by atoms with van der Waals surface area (Å²) in [6, 6.07) is 0. The molecule has 0 aromatic rings. The summed E-state index contributed by atoms with van der Waals surface area (Å²) >= 11 is 6.08. The van der Waals surface area contributed by atoms with Crippen molar-refractivity contribution >= 4 is 45.1 Å². The average Bonchev–Trinajstić information content (AvgIpc) is 2.84. The topological polar surface area (TPSA) is 43.6 Å². The fraction of sp³-hybridized carbons (Fsp3) is 0.167. The first kappa shape index (κ1) is 11.2. The van der Waals surface area contributed by atoms with Crippen molar-refractivity contribution in [1.82, 2.24) is 8.61 Å². The Labute approximate surface area is 118 Å². The van der Waals surface area contributed by atoms with Gasteiger partial charge < -0.3 is 0 Å². The van der Waals surface area contributed by atoms with E-state index in [1.165, 1.54) is 0 Å². The van der Waals surface area contributed by atoms with Crippen molar-refractivity contribution in [2.45, 2.75) is 13.8 Å². The van der Waals surface area contributed by atoms with E-state index in [2.05, 4.69) is 36.6 Å². The number of aliphatic imine (C=N–C) groups is 3. The Morgan fingerprint density at radius 1 is 1.16 bits per heavy atom. The first-order valence-corrected chi connectivity index (χ1v) is 7.32. The molecule has 4 aliphatic rings. The van der Waals surface area contributed by atoms with Gasteiger partial charge in [-0.3, -0.25) is 4.31 Å². The first-order chi connectivity index (χ1) is 9.13. The van der Waals surface area contributed by atoms with Gasteiger partial charge in [-0.15, -0.1) is 0 Å². The normalized spacial score (nSPS) is 27.2. The van der Waals surface area contributed by atoms with E-state index < -0.39 is 0 Å². The SMILES string of the molecule is CC1=CC(C)=NC2=NC3=S(N4C=C(Cl)C=CC4=N3)N12. The molecule has 0 fully saturated rings. The zero-order valence-corrected chi connectivity index (χ0v) is 11.9. The molecule has 0 aliphatic carbocycles. The van der Waals surface area contributed by atoms with E-state index in [1.54, 1.807) is 0 Å². The molecular weight excluding hydrogens is 282 g/mol. The Morgan fingerprint density at radius 2 is 2.00 bits per heavy atom. The lowest BCUT2D eigenvalue weighted by atomic mass is 10.3. The lowest BCUT2D eigenvalue weighted by Gasteiger charge is -2.31. The Balaban J connectivity index is 1.84. The van der Waals surface area contributed by atoms with Gasteiger partial charge >= 0.3 is 0 Å². The highest BCUT2D eigenvalue weighted by Gasteiger charge is 2.38. The summed E-state index contributed by atoms with van der Waals surface area (Å²) in [4.78, 5) is 13.5. The number of fused-ring (bicyclic) bond motifs is 4. The van der Waals surface area contributed by atoms with E-state index in [0.717, 1.165) is 28.3 Å². The summed E-state index contributed by atoms with van der Waals surface area (Å²) in [5.41, 5.74) is 2.09. The molecule has 4 heterocycles. The summed E-state index contributed by atoms with van der Waals surface area (Å²) < 4.78 is 4.17. The van der Waals surface area contributed by atoms with Gasteiger partial charge in [-0.05, 0) is 32.1 Å². The van der Waals surface area contributed by atoms with Crippen LogP contribution in [0.25, 0.3) is 0 Å². The number of amidine groups is 1. The predicted molar refractivity (Wildman–Crippen MR) is 81.1 cm³/mol. The summed E-state index contributed by atoms with van der Waals surface area (Å²) in [5.74, 6) is 1.60. The van der Waals surface area contributed by atoms with Crippen LogP contribution in [0, 0.1) is 0 Å². The molecule has 0 amide bonds. The Morgan fingerprint density at radius 3 is 2.84 bits per heavy atom. The largest absolute Gasteiger partial charge is 0.260 e. The average molecular weight is 292 g/mol. The third-order valence-corrected chi connectivity index (χ3v) is 5.18. The Hall–Kier alpha value is -1.66. The van der Waals surface area contributed by atoms with Gasteiger partial charge in [0.05, 0.1) is 15.9 Å². The van der Waals surface area contributed by atoms with Crippen LogP contribution in [0.1, 0.15) is 13.8 Å². The highest BCUT2D eigenvalue weighted by atomic mass is 35.5. The Kier molecular flexibility index (Phi) is 2.17. The number of rotatable bonds is 0. The van der Waals surface area contributed by atoms with Crippen molar-refractivity contribution in [2.75, 3.05) is 0 Å². The second-order valence-corrected chi connectivity index (χ2v) is 6.52. The molecule has 0 saturated carbocycles. The number of hydrogen-bond acceptors (Lipinski definition) is 5. The van der Waals surface area contributed by atoms with Gasteiger partial charge in [-0.1, -0.05) is 11.6 Å². The molecule has 96 valence electrons. The van der Waals surface area contributed by atoms with Gasteiger partial charge in [0.1, 0.15) is 5.84 Å². The second kappa shape index (κ2) is 3.68. The molecule has 4 aliphatic heterocycles. The molecule has 0 aromatic carbocycles. The molecule has 4 rings (SSSR count). The van der Waals surface area contributed by atoms with Crippen molar-refractivity contribution in [3.63, 3.8) is 0 Å². The molecule has 0 spiro atoms. The van der Waals surface area contributed by atoms with E-state index in [9.17, 15) is 0 Å². The molecule has 0 N–H and O–H groups in total. The fourth-order valence-electron chi connectivity index (χ4n) is 2.26. The standard InChI is InChI=1S/C12H10ClN5S/c1-7-5-8(2)18-11(14-7)16-12-15-10-4-3-9(13)6-17(10)19(12)18/h3-6H,1-2H3. The zero-order valence-electron chi connectivity index (χ0n) is 10.3. The molecule has 0 saturated heterocycles. The van der Waals surface area contributed by atoms with E-state index in [0.29, 0.717) is 5.03 Å². The van der Waals surface area contributed by atoms with E-state index in [4.69, 9.17) is 11.6 Å². The van der Waals surface area contributed by atoms with Crippen LogP contribution in [-0.2, 0) is 0 Å². The van der Waals surface area contributed by atoms with Crippen LogP contribution in [0.4, 0.5) is 0 Å². The molecular formula is C12H10ClN5S.